The summed E-state index contributed by atoms with van der Waals surface area (Å²) in [5.74, 6) is 0. The SMILES string of the molecule is C[C@H]1CCCC[Si@@]1(C)Cl. The second kappa shape index (κ2) is 2.63. The smallest absolute Gasteiger partial charge is 0.156 e. The van der Waals surface area contributed by atoms with E-state index in [-0.39, 0.29) is 0 Å². The third-order valence-electron chi connectivity index (χ3n) is 2.58. The Morgan fingerprint density at radius 1 is 1.44 bits per heavy atom. The lowest BCUT2D eigenvalue weighted by atomic mass is 10.2. The molecule has 1 aliphatic rings. The van der Waals surface area contributed by atoms with Crippen molar-refractivity contribution in [2.24, 2.45) is 0 Å². The molecule has 0 aromatic carbocycles. The predicted octanol–water partition coefficient (Wildman–Crippen LogP) is 3.37. The maximum Gasteiger partial charge on any atom is 0.156 e. The Morgan fingerprint density at radius 2 is 2.11 bits per heavy atom. The second-order valence-corrected chi connectivity index (χ2v) is 10.1. The van der Waals surface area contributed by atoms with E-state index in [0.29, 0.717) is 0 Å². The standard InChI is InChI=1S/C7H15ClSi/c1-7-5-3-4-6-9(7,2)8/h7H,3-6H2,1-2H3/t7-,9+/m0/s1. The molecule has 1 heterocycles. The Kier molecular flexibility index (Phi) is 2.22. The number of halogens is 1. The van der Waals surface area contributed by atoms with E-state index in [1.807, 2.05) is 0 Å². The van der Waals surface area contributed by atoms with Gasteiger partial charge in [0.1, 0.15) is 0 Å². The zero-order valence-corrected chi connectivity index (χ0v) is 8.04. The Balaban J connectivity index is 2.49. The van der Waals surface area contributed by atoms with Gasteiger partial charge < -0.3 is 0 Å². The summed E-state index contributed by atoms with van der Waals surface area (Å²) in [6.45, 7) is 4.62. The molecular weight excluding hydrogens is 148 g/mol. The van der Waals surface area contributed by atoms with E-state index < -0.39 is 7.38 Å². The molecule has 54 valence electrons. The van der Waals surface area contributed by atoms with Crippen LogP contribution < -0.4 is 0 Å². The van der Waals surface area contributed by atoms with Gasteiger partial charge in [0.05, 0.1) is 0 Å². The molecule has 2 atom stereocenters. The second-order valence-electron chi connectivity index (χ2n) is 3.42. The lowest BCUT2D eigenvalue weighted by Crippen LogP contribution is -2.30. The quantitative estimate of drug-likeness (QED) is 0.379. The van der Waals surface area contributed by atoms with Gasteiger partial charge in [-0.25, -0.2) is 0 Å². The molecule has 0 bridgehead atoms. The minimum absolute atomic E-state index is 0.855. The topological polar surface area (TPSA) is 0 Å². The Bertz CT molecular complexity index is 101. The monoisotopic (exact) mass is 162 g/mol. The van der Waals surface area contributed by atoms with Crippen molar-refractivity contribution >= 4 is 18.5 Å². The normalized spacial score (nSPS) is 45.0. The fraction of sp³-hybridized carbons (Fsp3) is 1.00. The molecule has 1 fully saturated rings. The summed E-state index contributed by atoms with van der Waals surface area (Å²) in [4.78, 5) is 0. The number of rotatable bonds is 0. The first kappa shape index (κ1) is 7.61. The van der Waals surface area contributed by atoms with Crippen LogP contribution in [0.2, 0.25) is 18.1 Å². The minimum Gasteiger partial charge on any atom is -0.167 e. The van der Waals surface area contributed by atoms with Crippen LogP contribution in [0.4, 0.5) is 0 Å². The molecule has 0 spiro atoms. The summed E-state index contributed by atoms with van der Waals surface area (Å²) in [5, 5.41) is 0. The van der Waals surface area contributed by atoms with Crippen LogP contribution in [0.25, 0.3) is 0 Å². The highest BCUT2D eigenvalue weighted by atomic mass is 35.6. The van der Waals surface area contributed by atoms with E-state index >= 15 is 0 Å². The van der Waals surface area contributed by atoms with E-state index in [1.165, 1.54) is 25.3 Å². The van der Waals surface area contributed by atoms with Crippen LogP contribution in [0.1, 0.15) is 26.2 Å². The predicted molar refractivity (Wildman–Crippen MR) is 45.6 cm³/mol. The average Bonchev–Trinajstić information content (AvgIpc) is 1.77. The highest BCUT2D eigenvalue weighted by Crippen LogP contribution is 2.39. The molecule has 0 amide bonds. The van der Waals surface area contributed by atoms with Gasteiger partial charge in [0.15, 0.2) is 7.38 Å². The molecule has 2 heteroatoms. The Morgan fingerprint density at radius 3 is 2.44 bits per heavy atom. The first-order chi connectivity index (χ1) is 4.13. The largest absolute Gasteiger partial charge is 0.167 e. The summed E-state index contributed by atoms with van der Waals surface area (Å²) >= 11 is 6.36. The summed E-state index contributed by atoms with van der Waals surface area (Å²) in [6, 6.07) is 1.34. The van der Waals surface area contributed by atoms with Crippen molar-refractivity contribution in [2.45, 2.75) is 44.3 Å². The highest BCUT2D eigenvalue weighted by molar-refractivity contribution is 7.20. The number of hydrogen-bond acceptors (Lipinski definition) is 0. The molecule has 1 aliphatic heterocycles. The van der Waals surface area contributed by atoms with Gasteiger partial charge in [-0.3, -0.25) is 0 Å². The minimum atomic E-state index is -1.22. The third-order valence-corrected chi connectivity index (χ3v) is 7.94. The van der Waals surface area contributed by atoms with Crippen LogP contribution >= 0.6 is 11.1 Å². The summed E-state index contributed by atoms with van der Waals surface area (Å²) in [6.07, 6.45) is 4.18. The van der Waals surface area contributed by atoms with Gasteiger partial charge >= 0.3 is 0 Å². The molecule has 1 rings (SSSR count). The lowest BCUT2D eigenvalue weighted by molar-refractivity contribution is 0.643. The molecule has 9 heavy (non-hydrogen) atoms. The Labute approximate surface area is 63.3 Å². The molecule has 0 radical (unpaired) electrons. The van der Waals surface area contributed by atoms with Gasteiger partial charge in [0.2, 0.25) is 0 Å². The average molecular weight is 163 g/mol. The van der Waals surface area contributed by atoms with Gasteiger partial charge in [-0.1, -0.05) is 32.7 Å². The van der Waals surface area contributed by atoms with Gasteiger partial charge in [-0.05, 0) is 11.6 Å². The molecule has 0 aromatic heterocycles. The van der Waals surface area contributed by atoms with Crippen molar-refractivity contribution in [3.8, 4) is 0 Å². The zero-order chi connectivity index (χ0) is 6.91. The maximum absolute atomic E-state index is 6.36. The van der Waals surface area contributed by atoms with Crippen molar-refractivity contribution < 1.29 is 0 Å². The van der Waals surface area contributed by atoms with Crippen molar-refractivity contribution in [1.82, 2.24) is 0 Å². The molecule has 0 unspecified atom stereocenters. The third kappa shape index (κ3) is 1.71. The van der Waals surface area contributed by atoms with E-state index in [1.54, 1.807) is 0 Å². The Hall–Kier alpha value is 0.507. The van der Waals surface area contributed by atoms with Gasteiger partial charge in [0.25, 0.3) is 0 Å². The molecule has 0 aromatic rings. The summed E-state index contributed by atoms with van der Waals surface area (Å²) in [7, 11) is -1.22. The van der Waals surface area contributed by atoms with E-state index in [9.17, 15) is 0 Å². The molecule has 0 N–H and O–H groups in total. The highest BCUT2D eigenvalue weighted by Gasteiger charge is 2.33. The zero-order valence-electron chi connectivity index (χ0n) is 6.28. The van der Waals surface area contributed by atoms with Gasteiger partial charge in [0, 0.05) is 0 Å². The van der Waals surface area contributed by atoms with Crippen molar-refractivity contribution in [3.05, 3.63) is 0 Å². The fourth-order valence-corrected chi connectivity index (χ4v) is 4.44. The molecule has 0 saturated carbocycles. The van der Waals surface area contributed by atoms with Gasteiger partial charge in [-0.2, -0.15) is 11.1 Å². The van der Waals surface area contributed by atoms with Crippen LogP contribution in [0.5, 0.6) is 0 Å². The summed E-state index contributed by atoms with van der Waals surface area (Å²) < 4.78 is 0. The van der Waals surface area contributed by atoms with Gasteiger partial charge in [-0.15, -0.1) is 0 Å². The first-order valence-corrected chi connectivity index (χ1v) is 7.61. The molecular formula is C7H15ClSi. The van der Waals surface area contributed by atoms with Crippen LogP contribution in [0.3, 0.4) is 0 Å². The van der Waals surface area contributed by atoms with Crippen LogP contribution in [0.15, 0.2) is 0 Å². The van der Waals surface area contributed by atoms with E-state index in [2.05, 4.69) is 13.5 Å². The fourth-order valence-electron chi connectivity index (χ4n) is 1.47. The van der Waals surface area contributed by atoms with Crippen molar-refractivity contribution in [1.29, 1.82) is 0 Å². The van der Waals surface area contributed by atoms with E-state index in [0.717, 1.165) is 5.54 Å². The maximum atomic E-state index is 6.36. The van der Waals surface area contributed by atoms with Crippen molar-refractivity contribution in [2.75, 3.05) is 0 Å². The molecule has 1 saturated heterocycles. The summed E-state index contributed by atoms with van der Waals surface area (Å²) in [5.41, 5.74) is 0.855. The van der Waals surface area contributed by atoms with Crippen molar-refractivity contribution in [3.63, 3.8) is 0 Å². The lowest BCUT2D eigenvalue weighted by Gasteiger charge is -2.31. The van der Waals surface area contributed by atoms with E-state index in [4.69, 9.17) is 11.1 Å². The van der Waals surface area contributed by atoms with Crippen LogP contribution in [-0.2, 0) is 0 Å². The molecule has 0 nitrogen and oxygen atoms in total. The first-order valence-electron chi connectivity index (χ1n) is 3.82. The molecule has 0 aliphatic carbocycles. The number of hydrogen-bond donors (Lipinski definition) is 0. The van der Waals surface area contributed by atoms with Crippen LogP contribution in [0, 0.1) is 0 Å². The van der Waals surface area contributed by atoms with Crippen LogP contribution in [-0.4, -0.2) is 7.38 Å².